The van der Waals surface area contributed by atoms with Gasteiger partial charge in [-0.2, -0.15) is 0 Å². The lowest BCUT2D eigenvalue weighted by molar-refractivity contribution is 1.33. The van der Waals surface area contributed by atoms with Crippen molar-refractivity contribution in [2.45, 2.75) is 19.6 Å². The Labute approximate surface area is 414 Å². The van der Waals surface area contributed by atoms with Gasteiger partial charge in [0.05, 0.1) is 13.8 Å². The number of pyridine rings is 1. The first-order valence-electron chi connectivity index (χ1n) is 24.3. The molecule has 0 aliphatic heterocycles. The fourth-order valence-corrected chi connectivity index (χ4v) is 11.1. The number of rotatable bonds is 11. The normalized spacial score (nSPS) is 11.4. The summed E-state index contributed by atoms with van der Waals surface area (Å²) in [6.07, 6.45) is 1.86. The number of nitrogens with zero attached hydrogens (tertiary/aromatic N) is 1. The van der Waals surface area contributed by atoms with Gasteiger partial charge in [0, 0.05) is 11.8 Å². The van der Waals surface area contributed by atoms with Crippen molar-refractivity contribution < 1.29 is 0 Å². The van der Waals surface area contributed by atoms with Gasteiger partial charge >= 0.3 is 0 Å². The number of hydrogen-bond acceptors (Lipinski definition) is 1. The highest BCUT2D eigenvalue weighted by atomic mass is 28.3. The van der Waals surface area contributed by atoms with Crippen molar-refractivity contribution in [2.24, 2.45) is 0 Å². The summed E-state index contributed by atoms with van der Waals surface area (Å²) < 4.78 is 0. The summed E-state index contributed by atoms with van der Waals surface area (Å²) in [5, 5.41) is 1.44. The minimum Gasteiger partial charge on any atom is -0.256 e. The van der Waals surface area contributed by atoms with E-state index in [9.17, 15) is 0 Å². The van der Waals surface area contributed by atoms with Crippen LogP contribution in [-0.2, 0) is 0 Å². The van der Waals surface area contributed by atoms with E-state index in [4.69, 9.17) is 0 Å². The molecule has 1 heterocycles. The average molecular weight is 912 g/mol. The van der Waals surface area contributed by atoms with Crippen molar-refractivity contribution in [1.82, 2.24) is 4.98 Å². The van der Waals surface area contributed by atoms with Crippen LogP contribution in [-0.4, -0.2) is 13.1 Å². The molecule has 0 fully saturated rings. The van der Waals surface area contributed by atoms with E-state index in [0.29, 0.717) is 0 Å². The van der Waals surface area contributed by atoms with Crippen LogP contribution in [0.15, 0.2) is 267 Å². The molecule has 0 amide bonds. The minimum atomic E-state index is -1.62. The molecule has 1 nitrogen and oxygen atoms in total. The lowest BCUT2D eigenvalue weighted by atomic mass is 9.74. The molecule has 0 bridgehead atoms. The Morgan fingerprint density at radius 1 is 0.229 bits per heavy atom. The van der Waals surface area contributed by atoms with E-state index in [2.05, 4.69) is 273 Å². The molecule has 0 saturated heterocycles. The van der Waals surface area contributed by atoms with E-state index in [1.165, 1.54) is 71.9 Å². The Bertz CT molecular complexity index is 3530. The third-order valence-corrected chi connectivity index (χ3v) is 15.6. The van der Waals surface area contributed by atoms with E-state index in [0.717, 1.165) is 44.6 Å². The standard InChI is InChI=1S/C68H53NSi/c1-70(2,3)61-44-42-58(43-45-61)68-64(54-25-14-7-15-26-54)66(56-38-32-51(33-39-56)49-21-10-5-11-22-49)65(55-36-30-50(31-37-55)48-19-8-4-9-20-48)63(53-23-12-6-13-24-53)67(68)57-40-34-52(35-41-57)59-27-18-28-60(47-59)62-29-16-17-46-69-62/h4-47H,1-3H3. The summed E-state index contributed by atoms with van der Waals surface area (Å²) in [7, 11) is -1.62. The highest BCUT2D eigenvalue weighted by molar-refractivity contribution is 6.88. The maximum atomic E-state index is 4.67. The molecule has 0 N–H and O–H groups in total. The Hall–Kier alpha value is -8.43. The first-order valence-corrected chi connectivity index (χ1v) is 27.8. The van der Waals surface area contributed by atoms with Gasteiger partial charge in [0.25, 0.3) is 0 Å². The van der Waals surface area contributed by atoms with Gasteiger partial charge in [-0.15, -0.1) is 0 Å². The third kappa shape index (κ3) is 8.89. The predicted octanol–water partition coefficient (Wildman–Crippen LogP) is 18.3. The van der Waals surface area contributed by atoms with E-state index < -0.39 is 8.07 Å². The van der Waals surface area contributed by atoms with Crippen LogP contribution >= 0.6 is 0 Å². The summed E-state index contributed by atoms with van der Waals surface area (Å²) in [4.78, 5) is 4.67. The van der Waals surface area contributed by atoms with Gasteiger partial charge in [-0.1, -0.05) is 267 Å². The Balaban J connectivity index is 1.26. The summed E-state index contributed by atoms with van der Waals surface area (Å²) in [6.45, 7) is 7.29. The van der Waals surface area contributed by atoms with Gasteiger partial charge in [-0.3, -0.25) is 4.98 Å². The van der Waals surface area contributed by atoms with Gasteiger partial charge in [-0.25, -0.2) is 0 Å². The van der Waals surface area contributed by atoms with Crippen LogP contribution < -0.4 is 5.19 Å². The van der Waals surface area contributed by atoms with Crippen LogP contribution in [0.3, 0.4) is 0 Å². The van der Waals surface area contributed by atoms with Crippen molar-refractivity contribution in [1.29, 1.82) is 0 Å². The van der Waals surface area contributed by atoms with Gasteiger partial charge in [0.15, 0.2) is 0 Å². The molecule has 0 aliphatic carbocycles. The zero-order valence-corrected chi connectivity index (χ0v) is 40.9. The second-order valence-corrected chi connectivity index (χ2v) is 24.1. The molecule has 0 spiro atoms. The van der Waals surface area contributed by atoms with Crippen LogP contribution in [0.1, 0.15) is 0 Å². The molecule has 334 valence electrons. The summed E-state index contributed by atoms with van der Waals surface area (Å²) >= 11 is 0. The fourth-order valence-electron chi connectivity index (χ4n) is 9.97. The van der Waals surface area contributed by atoms with Crippen LogP contribution in [0, 0.1) is 0 Å². The zero-order valence-electron chi connectivity index (χ0n) is 39.9. The first-order chi connectivity index (χ1) is 34.4. The van der Waals surface area contributed by atoms with E-state index in [1.54, 1.807) is 0 Å². The summed E-state index contributed by atoms with van der Waals surface area (Å²) in [5.41, 5.74) is 23.3. The lowest BCUT2D eigenvalue weighted by Crippen LogP contribution is -2.37. The van der Waals surface area contributed by atoms with Gasteiger partial charge in [0.1, 0.15) is 0 Å². The van der Waals surface area contributed by atoms with E-state index >= 15 is 0 Å². The largest absolute Gasteiger partial charge is 0.256 e. The monoisotopic (exact) mass is 911 g/mol. The van der Waals surface area contributed by atoms with Crippen molar-refractivity contribution in [3.8, 4) is 111 Å². The summed E-state index contributed by atoms with van der Waals surface area (Å²) in [5.74, 6) is 0. The Morgan fingerprint density at radius 3 is 0.857 bits per heavy atom. The smallest absolute Gasteiger partial charge is 0.0775 e. The quantitative estimate of drug-likeness (QED) is 0.118. The Morgan fingerprint density at radius 2 is 0.500 bits per heavy atom. The van der Waals surface area contributed by atoms with Crippen LogP contribution in [0.4, 0.5) is 0 Å². The second-order valence-electron chi connectivity index (χ2n) is 19.1. The SMILES string of the molecule is C[Si](C)(C)c1ccc(-c2c(-c3ccccc3)c(-c3ccc(-c4ccccc4)cc3)c(-c3ccc(-c4ccccc4)cc3)c(-c3ccccc3)c2-c2ccc(-c3cccc(-c4ccccn4)c3)cc2)cc1. The Kier molecular flexibility index (Phi) is 12.1. The molecule has 10 aromatic carbocycles. The molecule has 0 atom stereocenters. The van der Waals surface area contributed by atoms with Crippen molar-refractivity contribution >= 4 is 13.3 Å². The summed E-state index contributed by atoms with van der Waals surface area (Å²) in [6, 6.07) is 95.7. The van der Waals surface area contributed by atoms with E-state index in [-0.39, 0.29) is 0 Å². The molecule has 0 radical (unpaired) electrons. The number of aromatic nitrogens is 1. The van der Waals surface area contributed by atoms with Crippen molar-refractivity contribution in [3.05, 3.63) is 267 Å². The van der Waals surface area contributed by atoms with Gasteiger partial charge in [0.2, 0.25) is 0 Å². The molecular formula is C68H53NSi. The minimum absolute atomic E-state index is 0.964. The average Bonchev–Trinajstić information content (AvgIpc) is 3.43. The predicted molar refractivity (Wildman–Crippen MR) is 302 cm³/mol. The molecule has 0 saturated carbocycles. The number of hydrogen-bond donors (Lipinski definition) is 0. The third-order valence-electron chi connectivity index (χ3n) is 13.6. The molecule has 0 aliphatic rings. The number of benzene rings is 10. The van der Waals surface area contributed by atoms with Crippen LogP contribution in [0.5, 0.6) is 0 Å². The molecule has 1 aromatic heterocycles. The van der Waals surface area contributed by atoms with Gasteiger partial charge in [-0.05, 0) is 118 Å². The topological polar surface area (TPSA) is 12.9 Å². The molecule has 0 unspecified atom stereocenters. The molecule has 11 rings (SSSR count). The molecular weight excluding hydrogens is 859 g/mol. The van der Waals surface area contributed by atoms with Crippen molar-refractivity contribution in [3.63, 3.8) is 0 Å². The van der Waals surface area contributed by atoms with Gasteiger partial charge < -0.3 is 0 Å². The second kappa shape index (κ2) is 19.3. The van der Waals surface area contributed by atoms with Crippen LogP contribution in [0.25, 0.3) is 111 Å². The van der Waals surface area contributed by atoms with E-state index in [1.807, 2.05) is 18.3 Å². The maximum Gasteiger partial charge on any atom is 0.0775 e. The van der Waals surface area contributed by atoms with Crippen molar-refractivity contribution in [2.75, 3.05) is 0 Å². The van der Waals surface area contributed by atoms with Crippen LogP contribution in [0.2, 0.25) is 19.6 Å². The fraction of sp³-hybridized carbons (Fsp3) is 0.0441. The molecule has 11 aromatic rings. The highest BCUT2D eigenvalue weighted by Crippen LogP contribution is 2.56. The molecule has 2 heteroatoms. The maximum absolute atomic E-state index is 4.67. The highest BCUT2D eigenvalue weighted by Gasteiger charge is 2.30. The lowest BCUT2D eigenvalue weighted by Gasteiger charge is -2.29. The first kappa shape index (κ1) is 44.1. The molecule has 70 heavy (non-hydrogen) atoms. The zero-order chi connectivity index (χ0) is 47.4.